The fraction of sp³-hybridized carbons (Fsp3) is 1.00. The standard InChI is InChI=1S/C7H16.2C4H9.Sn.2H/c1-3-5-7-6-4-2;2*1-3-4-2;;;/h3-7H2,1-2H3;2*1,3-4H2,2H3;;;. The first-order valence-electron chi connectivity index (χ1n) is 7.83. The molecule has 0 aliphatic rings. The summed E-state index contributed by atoms with van der Waals surface area (Å²) in [7, 11) is 0. The third-order valence-electron chi connectivity index (χ3n) is 2.91. The monoisotopic (exact) mass is 336 g/mol. The van der Waals surface area contributed by atoms with E-state index in [0.717, 1.165) is 0 Å². The van der Waals surface area contributed by atoms with E-state index in [1.165, 1.54) is 57.8 Å². The van der Waals surface area contributed by atoms with Gasteiger partial charge in [-0.25, -0.2) is 0 Å². The molecule has 0 N–H and O–H groups in total. The van der Waals surface area contributed by atoms with Gasteiger partial charge in [0.1, 0.15) is 0 Å². The molecule has 0 saturated heterocycles. The summed E-state index contributed by atoms with van der Waals surface area (Å²) in [4.78, 5) is 0. The Labute approximate surface area is 115 Å². The van der Waals surface area contributed by atoms with Gasteiger partial charge in [-0.05, 0) is 0 Å². The molecule has 0 nitrogen and oxygen atoms in total. The van der Waals surface area contributed by atoms with Crippen molar-refractivity contribution in [2.24, 2.45) is 0 Å². The minimum atomic E-state index is -0.159. The molecule has 1 heteroatoms. The van der Waals surface area contributed by atoms with Gasteiger partial charge in [-0.1, -0.05) is 46.0 Å². The molecule has 0 heterocycles. The van der Waals surface area contributed by atoms with Crippen molar-refractivity contribution in [3.8, 4) is 0 Å². The van der Waals surface area contributed by atoms with Crippen LogP contribution >= 0.6 is 0 Å². The van der Waals surface area contributed by atoms with Gasteiger partial charge in [0.15, 0.2) is 0 Å². The summed E-state index contributed by atoms with van der Waals surface area (Å²) < 4.78 is 3.33. The molecule has 0 aromatic rings. The van der Waals surface area contributed by atoms with Crippen LogP contribution in [0.5, 0.6) is 0 Å². The van der Waals surface area contributed by atoms with Crippen LogP contribution in [0, 0.1) is 0 Å². The van der Waals surface area contributed by atoms with Gasteiger partial charge in [0, 0.05) is 0 Å². The summed E-state index contributed by atoms with van der Waals surface area (Å²) in [6, 6.07) is 0. The fourth-order valence-corrected chi connectivity index (χ4v) is 7.59. The summed E-state index contributed by atoms with van der Waals surface area (Å²) >= 11 is -0.159. The zero-order valence-electron chi connectivity index (χ0n) is 12.5. The van der Waals surface area contributed by atoms with Gasteiger partial charge in [-0.15, -0.1) is 0 Å². The van der Waals surface area contributed by atoms with Crippen LogP contribution in [-0.2, 0) is 0 Å². The van der Waals surface area contributed by atoms with Crippen LogP contribution in [0.3, 0.4) is 0 Å². The Kier molecular flexibility index (Phi) is 25.3. The average Bonchev–Trinajstić information content (AvgIpc) is 2.31. The Bertz CT molecular complexity index is 81.4. The summed E-state index contributed by atoms with van der Waals surface area (Å²) in [5, 5.41) is 0. The first-order chi connectivity index (χ1) is 7.83. The number of unbranched alkanes of at least 4 members (excludes halogenated alkanes) is 6. The van der Waals surface area contributed by atoms with Crippen molar-refractivity contribution >= 4 is 21.1 Å². The quantitative estimate of drug-likeness (QED) is 0.362. The van der Waals surface area contributed by atoms with Crippen molar-refractivity contribution in [1.82, 2.24) is 0 Å². The molecule has 0 aliphatic carbocycles. The summed E-state index contributed by atoms with van der Waals surface area (Å²) in [6.07, 6.45) is 12.9. The van der Waals surface area contributed by atoms with Gasteiger partial charge in [0.05, 0.1) is 0 Å². The molecule has 0 fully saturated rings. The van der Waals surface area contributed by atoms with E-state index in [1.807, 2.05) is 0 Å². The maximum atomic E-state index is 2.30. The van der Waals surface area contributed by atoms with Crippen LogP contribution in [0.1, 0.15) is 85.5 Å². The molecular formula is C15H36Sn. The average molecular weight is 335 g/mol. The maximum absolute atomic E-state index is 2.30. The molecule has 100 valence electrons. The molecular weight excluding hydrogens is 299 g/mol. The minimum absolute atomic E-state index is 0.159. The first-order valence-corrected chi connectivity index (χ1v) is 13.5. The Morgan fingerprint density at radius 2 is 0.875 bits per heavy atom. The van der Waals surface area contributed by atoms with Gasteiger partial charge >= 0.3 is 69.5 Å². The molecule has 0 saturated carbocycles. The predicted molar refractivity (Wildman–Crippen MR) is 82.4 cm³/mol. The van der Waals surface area contributed by atoms with Crippen molar-refractivity contribution in [2.75, 3.05) is 0 Å². The Hall–Kier alpha value is 0.799. The molecule has 0 bridgehead atoms. The number of hydrogen-bond donors (Lipinski definition) is 0. The SMILES string of the molecule is CCCCCCC.CCC[CH2][SnH2][CH2]CCC. The first kappa shape index (κ1) is 19.1. The molecule has 0 aliphatic heterocycles. The Balaban J connectivity index is 0. The van der Waals surface area contributed by atoms with E-state index < -0.39 is 0 Å². The second-order valence-electron chi connectivity index (χ2n) is 4.83. The van der Waals surface area contributed by atoms with Crippen LogP contribution in [0.25, 0.3) is 0 Å². The Morgan fingerprint density at radius 1 is 0.500 bits per heavy atom. The van der Waals surface area contributed by atoms with Crippen molar-refractivity contribution in [2.45, 2.75) is 94.4 Å². The summed E-state index contributed by atoms with van der Waals surface area (Å²) in [5.74, 6) is 0. The number of rotatable bonds is 10. The van der Waals surface area contributed by atoms with Crippen molar-refractivity contribution in [3.63, 3.8) is 0 Å². The third kappa shape index (κ3) is 24.2. The van der Waals surface area contributed by atoms with Crippen LogP contribution in [0.15, 0.2) is 0 Å². The second-order valence-corrected chi connectivity index (χ2v) is 10.9. The van der Waals surface area contributed by atoms with E-state index in [-0.39, 0.29) is 21.1 Å². The van der Waals surface area contributed by atoms with Gasteiger partial charge in [-0.3, -0.25) is 0 Å². The van der Waals surface area contributed by atoms with E-state index >= 15 is 0 Å². The van der Waals surface area contributed by atoms with Gasteiger partial charge < -0.3 is 0 Å². The molecule has 0 unspecified atom stereocenters. The van der Waals surface area contributed by atoms with Crippen molar-refractivity contribution in [3.05, 3.63) is 0 Å². The van der Waals surface area contributed by atoms with Gasteiger partial charge in [0.25, 0.3) is 0 Å². The zero-order valence-corrected chi connectivity index (χ0v) is 16.5. The molecule has 0 radical (unpaired) electrons. The van der Waals surface area contributed by atoms with E-state index in [0.29, 0.717) is 0 Å². The van der Waals surface area contributed by atoms with E-state index in [9.17, 15) is 0 Å². The summed E-state index contributed by atoms with van der Waals surface area (Å²) in [6.45, 7) is 9.09. The predicted octanol–water partition coefficient (Wildman–Crippen LogP) is 5.57. The molecule has 0 rings (SSSR count). The Morgan fingerprint density at radius 3 is 1.19 bits per heavy atom. The normalized spacial score (nSPS) is 9.75. The van der Waals surface area contributed by atoms with Crippen LogP contribution in [0.2, 0.25) is 8.87 Å². The van der Waals surface area contributed by atoms with E-state index in [4.69, 9.17) is 0 Å². The third-order valence-corrected chi connectivity index (χ3v) is 8.62. The van der Waals surface area contributed by atoms with E-state index in [1.54, 1.807) is 8.87 Å². The van der Waals surface area contributed by atoms with Crippen LogP contribution < -0.4 is 0 Å². The molecule has 0 aromatic heterocycles. The van der Waals surface area contributed by atoms with Gasteiger partial charge in [0.2, 0.25) is 0 Å². The van der Waals surface area contributed by atoms with Crippen molar-refractivity contribution in [1.29, 1.82) is 0 Å². The fourth-order valence-electron chi connectivity index (χ4n) is 1.71. The van der Waals surface area contributed by atoms with Crippen molar-refractivity contribution < 1.29 is 0 Å². The van der Waals surface area contributed by atoms with Crippen LogP contribution in [-0.4, -0.2) is 21.1 Å². The molecule has 0 amide bonds. The second kappa shape index (κ2) is 21.1. The summed E-state index contributed by atoms with van der Waals surface area (Å²) in [5.41, 5.74) is 0. The number of hydrogen-bond acceptors (Lipinski definition) is 0. The molecule has 0 spiro atoms. The molecule has 0 aromatic carbocycles. The molecule has 16 heavy (non-hydrogen) atoms. The zero-order chi connectivity index (χ0) is 12.5. The van der Waals surface area contributed by atoms with Crippen LogP contribution in [0.4, 0.5) is 0 Å². The molecule has 0 atom stereocenters. The van der Waals surface area contributed by atoms with Gasteiger partial charge in [-0.2, -0.15) is 0 Å². The van der Waals surface area contributed by atoms with E-state index in [2.05, 4.69) is 27.7 Å². The topological polar surface area (TPSA) is 0 Å².